The van der Waals surface area contributed by atoms with Gasteiger partial charge < -0.3 is 10.0 Å². The molecule has 0 unspecified atom stereocenters. The second-order valence-corrected chi connectivity index (χ2v) is 5.18. The first-order valence-corrected chi connectivity index (χ1v) is 6.70. The molecule has 98 valence electrons. The summed E-state index contributed by atoms with van der Waals surface area (Å²) < 4.78 is 0. The average Bonchev–Trinajstić information content (AvgIpc) is 2.41. The lowest BCUT2D eigenvalue weighted by Crippen LogP contribution is -2.40. The Morgan fingerprint density at radius 1 is 1.33 bits per heavy atom. The first kappa shape index (κ1) is 13.4. The summed E-state index contributed by atoms with van der Waals surface area (Å²) in [7, 11) is 0. The summed E-state index contributed by atoms with van der Waals surface area (Å²) in [5.74, 6) is 0.480. The van der Waals surface area contributed by atoms with Crippen molar-refractivity contribution >= 4 is 17.5 Å². The monoisotopic (exact) mass is 267 g/mol. The Bertz CT molecular complexity index is 414. The lowest BCUT2D eigenvalue weighted by Gasteiger charge is -2.31. The number of hydrogen-bond donors (Lipinski definition) is 1. The predicted octanol–water partition coefficient (Wildman–Crippen LogP) is 2.11. The van der Waals surface area contributed by atoms with Gasteiger partial charge in [-0.25, -0.2) is 0 Å². The molecule has 18 heavy (non-hydrogen) atoms. The number of benzene rings is 1. The molecule has 1 aliphatic rings. The van der Waals surface area contributed by atoms with Crippen molar-refractivity contribution in [2.75, 3.05) is 19.7 Å². The second kappa shape index (κ2) is 6.21. The fraction of sp³-hybridized carbons (Fsp3) is 0.500. The molecule has 1 aliphatic heterocycles. The number of piperidine rings is 1. The molecule has 1 aromatic rings. The van der Waals surface area contributed by atoms with Crippen molar-refractivity contribution in [1.29, 1.82) is 0 Å². The van der Waals surface area contributed by atoms with E-state index in [9.17, 15) is 4.79 Å². The van der Waals surface area contributed by atoms with Crippen LogP contribution >= 0.6 is 11.6 Å². The number of amides is 1. The normalized spacial score (nSPS) is 16.9. The molecule has 1 saturated heterocycles. The number of halogens is 1. The van der Waals surface area contributed by atoms with Crippen molar-refractivity contribution in [3.63, 3.8) is 0 Å². The Balaban J connectivity index is 1.91. The largest absolute Gasteiger partial charge is 0.396 e. The summed E-state index contributed by atoms with van der Waals surface area (Å²) in [6, 6.07) is 7.46. The Morgan fingerprint density at radius 2 is 2.00 bits per heavy atom. The van der Waals surface area contributed by atoms with Crippen LogP contribution in [0, 0.1) is 5.92 Å². The summed E-state index contributed by atoms with van der Waals surface area (Å²) in [5.41, 5.74) is 0.883. The number of nitrogens with zero attached hydrogens (tertiary/aromatic N) is 1. The van der Waals surface area contributed by atoms with Crippen LogP contribution in [0.1, 0.15) is 18.4 Å². The van der Waals surface area contributed by atoms with E-state index in [4.69, 9.17) is 16.7 Å². The first-order valence-electron chi connectivity index (χ1n) is 6.32. The molecule has 1 heterocycles. The van der Waals surface area contributed by atoms with Gasteiger partial charge in [0, 0.05) is 24.7 Å². The van der Waals surface area contributed by atoms with Gasteiger partial charge in [0.15, 0.2) is 0 Å². The summed E-state index contributed by atoms with van der Waals surface area (Å²) in [6.45, 7) is 1.72. The molecule has 0 saturated carbocycles. The zero-order chi connectivity index (χ0) is 13.0. The lowest BCUT2D eigenvalue weighted by molar-refractivity contribution is -0.132. The zero-order valence-electron chi connectivity index (χ0n) is 10.3. The van der Waals surface area contributed by atoms with E-state index in [-0.39, 0.29) is 12.5 Å². The number of aliphatic hydroxyl groups excluding tert-OH is 1. The molecule has 2 rings (SSSR count). The fourth-order valence-electron chi connectivity index (χ4n) is 2.28. The van der Waals surface area contributed by atoms with Crippen molar-refractivity contribution in [3.8, 4) is 0 Å². The molecule has 1 aromatic carbocycles. The van der Waals surface area contributed by atoms with Gasteiger partial charge in [-0.2, -0.15) is 0 Å². The number of rotatable bonds is 3. The van der Waals surface area contributed by atoms with Crippen LogP contribution in [0.4, 0.5) is 0 Å². The molecular weight excluding hydrogens is 250 g/mol. The van der Waals surface area contributed by atoms with Gasteiger partial charge in [0.2, 0.25) is 5.91 Å². The maximum atomic E-state index is 12.1. The van der Waals surface area contributed by atoms with E-state index in [0.717, 1.165) is 31.5 Å². The Morgan fingerprint density at radius 3 is 2.61 bits per heavy atom. The highest BCUT2D eigenvalue weighted by atomic mass is 35.5. The van der Waals surface area contributed by atoms with Crippen molar-refractivity contribution in [3.05, 3.63) is 34.9 Å². The highest BCUT2D eigenvalue weighted by Crippen LogP contribution is 2.20. The minimum atomic E-state index is 0.125. The molecule has 0 atom stereocenters. The van der Waals surface area contributed by atoms with Gasteiger partial charge in [0.1, 0.15) is 0 Å². The van der Waals surface area contributed by atoms with E-state index in [1.54, 1.807) is 0 Å². The van der Waals surface area contributed by atoms with Gasteiger partial charge in [-0.05, 0) is 30.4 Å². The molecule has 0 radical (unpaired) electrons. The zero-order valence-corrected chi connectivity index (χ0v) is 11.1. The summed E-state index contributed by atoms with van der Waals surface area (Å²) in [4.78, 5) is 14.0. The topological polar surface area (TPSA) is 40.5 Å². The molecule has 0 bridgehead atoms. The van der Waals surface area contributed by atoms with Crippen molar-refractivity contribution in [2.24, 2.45) is 5.92 Å². The van der Waals surface area contributed by atoms with Crippen molar-refractivity contribution in [2.45, 2.75) is 19.3 Å². The number of hydrogen-bond acceptors (Lipinski definition) is 2. The van der Waals surface area contributed by atoms with Crippen LogP contribution in [0.5, 0.6) is 0 Å². The Kier molecular flexibility index (Phi) is 4.61. The molecule has 1 N–H and O–H groups in total. The van der Waals surface area contributed by atoms with Gasteiger partial charge >= 0.3 is 0 Å². The third-order valence-electron chi connectivity index (χ3n) is 3.52. The fourth-order valence-corrected chi connectivity index (χ4v) is 2.48. The average molecular weight is 268 g/mol. The van der Waals surface area contributed by atoms with E-state index in [1.165, 1.54) is 0 Å². The van der Waals surface area contributed by atoms with Gasteiger partial charge in [-0.1, -0.05) is 29.8 Å². The molecular formula is C14H18ClNO2. The van der Waals surface area contributed by atoms with Gasteiger partial charge in [-0.15, -0.1) is 0 Å². The third-order valence-corrected chi connectivity index (χ3v) is 3.89. The summed E-state index contributed by atoms with van der Waals surface area (Å²) in [5, 5.41) is 9.72. The van der Waals surface area contributed by atoms with Crippen LogP contribution in [0.3, 0.4) is 0 Å². The van der Waals surface area contributed by atoms with Crippen LogP contribution in [0.15, 0.2) is 24.3 Å². The molecule has 1 amide bonds. The highest BCUT2D eigenvalue weighted by molar-refractivity contribution is 6.31. The van der Waals surface area contributed by atoms with E-state index in [1.807, 2.05) is 29.2 Å². The minimum absolute atomic E-state index is 0.125. The molecule has 4 heteroatoms. The van der Waals surface area contributed by atoms with Gasteiger partial charge in [-0.3, -0.25) is 4.79 Å². The van der Waals surface area contributed by atoms with E-state index < -0.39 is 0 Å². The Labute approximate surface area is 112 Å². The van der Waals surface area contributed by atoms with Crippen LogP contribution in [-0.2, 0) is 11.2 Å². The van der Waals surface area contributed by atoms with Crippen molar-refractivity contribution in [1.82, 2.24) is 4.90 Å². The van der Waals surface area contributed by atoms with E-state index in [2.05, 4.69) is 0 Å². The number of likely N-dealkylation sites (tertiary alicyclic amines) is 1. The second-order valence-electron chi connectivity index (χ2n) is 4.77. The molecule has 0 aliphatic carbocycles. The molecule has 0 spiro atoms. The van der Waals surface area contributed by atoms with Gasteiger partial charge in [0.25, 0.3) is 0 Å². The lowest BCUT2D eigenvalue weighted by atomic mass is 9.97. The Hall–Kier alpha value is -1.06. The maximum Gasteiger partial charge on any atom is 0.227 e. The minimum Gasteiger partial charge on any atom is -0.396 e. The third kappa shape index (κ3) is 3.24. The van der Waals surface area contributed by atoms with Crippen LogP contribution in [0.25, 0.3) is 0 Å². The van der Waals surface area contributed by atoms with E-state index in [0.29, 0.717) is 17.4 Å². The van der Waals surface area contributed by atoms with E-state index >= 15 is 0 Å². The summed E-state index contributed by atoms with van der Waals surface area (Å²) >= 11 is 6.05. The predicted molar refractivity (Wildman–Crippen MR) is 71.5 cm³/mol. The number of aliphatic hydroxyl groups is 1. The van der Waals surface area contributed by atoms with Crippen molar-refractivity contribution < 1.29 is 9.90 Å². The maximum absolute atomic E-state index is 12.1. The SMILES string of the molecule is O=C(Cc1ccccc1Cl)N1CCC(CO)CC1. The van der Waals surface area contributed by atoms with Crippen LogP contribution in [0.2, 0.25) is 5.02 Å². The number of carbonyl (C=O) groups is 1. The molecule has 1 fully saturated rings. The number of carbonyl (C=O) groups excluding carboxylic acids is 1. The quantitative estimate of drug-likeness (QED) is 0.911. The first-order chi connectivity index (χ1) is 8.70. The summed E-state index contributed by atoms with van der Waals surface area (Å²) in [6.07, 6.45) is 2.15. The van der Waals surface area contributed by atoms with Crippen LogP contribution < -0.4 is 0 Å². The van der Waals surface area contributed by atoms with Crippen LogP contribution in [-0.4, -0.2) is 35.6 Å². The smallest absolute Gasteiger partial charge is 0.227 e. The standard InChI is InChI=1S/C14H18ClNO2/c15-13-4-2-1-3-12(13)9-14(18)16-7-5-11(10-17)6-8-16/h1-4,11,17H,5-10H2. The molecule has 0 aromatic heterocycles. The molecule has 3 nitrogen and oxygen atoms in total. The van der Waals surface area contributed by atoms with Gasteiger partial charge in [0.05, 0.1) is 6.42 Å². The highest BCUT2D eigenvalue weighted by Gasteiger charge is 2.22.